The number of hydrogen-bond donors (Lipinski definition) is 2. The summed E-state index contributed by atoms with van der Waals surface area (Å²) in [5.74, 6) is 6.70. The second kappa shape index (κ2) is 7.58. The van der Waals surface area contributed by atoms with Crippen molar-refractivity contribution in [3.8, 4) is 10.7 Å². The van der Waals surface area contributed by atoms with E-state index in [9.17, 15) is 4.79 Å². The fourth-order valence-corrected chi connectivity index (χ4v) is 3.48. The first-order chi connectivity index (χ1) is 12.0. The van der Waals surface area contributed by atoms with Crippen LogP contribution in [-0.2, 0) is 4.79 Å². The van der Waals surface area contributed by atoms with Crippen molar-refractivity contribution in [2.24, 2.45) is 0 Å². The van der Waals surface area contributed by atoms with E-state index in [0.29, 0.717) is 11.0 Å². The van der Waals surface area contributed by atoms with Gasteiger partial charge >= 0.3 is 0 Å². The Labute approximate surface area is 153 Å². The molecule has 7 nitrogen and oxygen atoms in total. The molecular formula is C16H18N6OS2. The van der Waals surface area contributed by atoms with Crippen LogP contribution >= 0.6 is 23.1 Å². The summed E-state index contributed by atoms with van der Waals surface area (Å²) >= 11 is 2.79. The molecule has 1 aromatic carbocycles. The van der Waals surface area contributed by atoms with Crippen molar-refractivity contribution in [1.29, 1.82) is 0 Å². The van der Waals surface area contributed by atoms with E-state index in [1.165, 1.54) is 27.8 Å². The summed E-state index contributed by atoms with van der Waals surface area (Å²) in [4.78, 5) is 15.1. The van der Waals surface area contributed by atoms with Crippen LogP contribution in [0.4, 0.5) is 11.4 Å². The third kappa shape index (κ3) is 4.12. The highest BCUT2D eigenvalue weighted by Crippen LogP contribution is 2.25. The van der Waals surface area contributed by atoms with E-state index < -0.39 is 0 Å². The summed E-state index contributed by atoms with van der Waals surface area (Å²) in [5, 5.41) is 13.5. The van der Waals surface area contributed by atoms with Crippen molar-refractivity contribution in [3.05, 3.63) is 41.8 Å². The van der Waals surface area contributed by atoms with Crippen molar-refractivity contribution in [2.45, 2.75) is 5.16 Å². The second-order valence-electron chi connectivity index (χ2n) is 5.43. The molecule has 3 N–H and O–H groups in total. The molecule has 0 bridgehead atoms. The number of nitrogen functional groups attached to an aromatic ring is 1. The first-order valence-corrected chi connectivity index (χ1v) is 9.35. The first kappa shape index (κ1) is 17.3. The summed E-state index contributed by atoms with van der Waals surface area (Å²) in [6.07, 6.45) is 0. The van der Waals surface area contributed by atoms with Gasteiger partial charge in [-0.25, -0.2) is 4.68 Å². The van der Waals surface area contributed by atoms with Gasteiger partial charge in [0.15, 0.2) is 5.82 Å². The van der Waals surface area contributed by atoms with E-state index >= 15 is 0 Å². The molecule has 0 saturated heterocycles. The number of hydrogen-bond acceptors (Lipinski definition) is 7. The highest BCUT2D eigenvalue weighted by molar-refractivity contribution is 7.99. The number of benzene rings is 1. The summed E-state index contributed by atoms with van der Waals surface area (Å²) in [6.45, 7) is 0. The van der Waals surface area contributed by atoms with Crippen molar-refractivity contribution in [1.82, 2.24) is 14.9 Å². The van der Waals surface area contributed by atoms with Crippen LogP contribution in [0.5, 0.6) is 0 Å². The number of rotatable bonds is 6. The van der Waals surface area contributed by atoms with Gasteiger partial charge in [0.05, 0.1) is 10.6 Å². The molecule has 1 amide bonds. The number of nitrogens with one attached hydrogen (secondary N) is 1. The van der Waals surface area contributed by atoms with Crippen molar-refractivity contribution < 1.29 is 4.79 Å². The summed E-state index contributed by atoms with van der Waals surface area (Å²) in [5.41, 5.74) is 1.83. The quantitative estimate of drug-likeness (QED) is 0.509. The molecular weight excluding hydrogens is 356 g/mol. The predicted molar refractivity (Wildman–Crippen MR) is 104 cm³/mol. The molecule has 0 aliphatic heterocycles. The molecule has 130 valence electrons. The Balaban J connectivity index is 1.57. The van der Waals surface area contributed by atoms with E-state index in [4.69, 9.17) is 5.84 Å². The fraction of sp³-hybridized carbons (Fsp3) is 0.188. The van der Waals surface area contributed by atoms with Gasteiger partial charge in [-0.15, -0.1) is 21.5 Å². The van der Waals surface area contributed by atoms with E-state index in [0.717, 1.165) is 16.3 Å². The average Bonchev–Trinajstić information content (AvgIpc) is 3.23. The Kier molecular flexibility index (Phi) is 5.25. The van der Waals surface area contributed by atoms with Crippen LogP contribution in [0, 0.1) is 0 Å². The number of thioether (sulfide) groups is 1. The van der Waals surface area contributed by atoms with Crippen LogP contribution in [0.1, 0.15) is 0 Å². The van der Waals surface area contributed by atoms with Crippen molar-refractivity contribution in [3.63, 3.8) is 0 Å². The fourth-order valence-electron chi connectivity index (χ4n) is 2.12. The molecule has 9 heteroatoms. The molecule has 3 rings (SSSR count). The molecule has 0 saturated carbocycles. The average molecular weight is 374 g/mol. The number of nitrogens with zero attached hydrogens (tertiary/aromatic N) is 4. The minimum absolute atomic E-state index is 0.122. The topological polar surface area (TPSA) is 89.1 Å². The van der Waals surface area contributed by atoms with Gasteiger partial charge in [0.25, 0.3) is 0 Å². The van der Waals surface area contributed by atoms with Gasteiger partial charge in [0.1, 0.15) is 0 Å². The van der Waals surface area contributed by atoms with Gasteiger partial charge in [0, 0.05) is 25.5 Å². The molecule has 25 heavy (non-hydrogen) atoms. The molecule has 2 aromatic heterocycles. The molecule has 0 spiro atoms. The Bertz CT molecular complexity index is 842. The van der Waals surface area contributed by atoms with Crippen LogP contribution in [-0.4, -0.2) is 40.6 Å². The lowest BCUT2D eigenvalue weighted by Crippen LogP contribution is -2.16. The van der Waals surface area contributed by atoms with Crippen LogP contribution < -0.4 is 16.1 Å². The molecule has 0 aliphatic carbocycles. The van der Waals surface area contributed by atoms with Crippen LogP contribution in [0.2, 0.25) is 0 Å². The maximum atomic E-state index is 12.1. The van der Waals surface area contributed by atoms with Crippen LogP contribution in [0.3, 0.4) is 0 Å². The monoisotopic (exact) mass is 374 g/mol. The summed E-state index contributed by atoms with van der Waals surface area (Å²) in [7, 11) is 3.94. The normalized spacial score (nSPS) is 10.6. The molecule has 0 atom stereocenters. The van der Waals surface area contributed by atoms with Gasteiger partial charge in [-0.2, -0.15) is 0 Å². The number of thiophene rings is 1. The van der Waals surface area contributed by atoms with E-state index in [2.05, 4.69) is 15.5 Å². The highest BCUT2D eigenvalue weighted by Gasteiger charge is 2.14. The van der Waals surface area contributed by atoms with Gasteiger partial charge in [-0.3, -0.25) is 4.79 Å². The van der Waals surface area contributed by atoms with Crippen LogP contribution in [0.25, 0.3) is 10.7 Å². The lowest BCUT2D eigenvalue weighted by atomic mass is 10.2. The Morgan fingerprint density at radius 3 is 2.68 bits per heavy atom. The maximum absolute atomic E-state index is 12.1. The predicted octanol–water partition coefficient (Wildman–Crippen LogP) is 2.52. The molecule has 0 unspecified atom stereocenters. The molecule has 0 aliphatic rings. The molecule has 3 aromatic rings. The lowest BCUT2D eigenvalue weighted by Gasteiger charge is -2.13. The zero-order chi connectivity index (χ0) is 17.8. The minimum atomic E-state index is -0.122. The maximum Gasteiger partial charge on any atom is 0.234 e. The SMILES string of the molecule is CN(C)c1ccc(NC(=O)CSc2nnc(-c3cccs3)n2N)cc1. The van der Waals surface area contributed by atoms with Crippen molar-refractivity contribution in [2.75, 3.05) is 35.9 Å². The van der Waals surface area contributed by atoms with Crippen molar-refractivity contribution >= 4 is 40.4 Å². The van der Waals surface area contributed by atoms with Gasteiger partial charge in [-0.05, 0) is 35.7 Å². The van der Waals surface area contributed by atoms with Gasteiger partial charge in [-0.1, -0.05) is 17.8 Å². The van der Waals surface area contributed by atoms with E-state index in [1.54, 1.807) is 0 Å². The zero-order valence-corrected chi connectivity index (χ0v) is 15.5. The van der Waals surface area contributed by atoms with Crippen LogP contribution in [0.15, 0.2) is 46.9 Å². The Morgan fingerprint density at radius 2 is 2.04 bits per heavy atom. The summed E-state index contributed by atoms with van der Waals surface area (Å²) in [6, 6.07) is 11.5. The van der Waals surface area contributed by atoms with E-state index in [-0.39, 0.29) is 11.7 Å². The number of aromatic nitrogens is 3. The van der Waals surface area contributed by atoms with E-state index in [1.807, 2.05) is 60.8 Å². The third-order valence-corrected chi connectivity index (χ3v) is 5.21. The highest BCUT2D eigenvalue weighted by atomic mass is 32.2. The lowest BCUT2D eigenvalue weighted by molar-refractivity contribution is -0.113. The Hall–Kier alpha value is -2.52. The van der Waals surface area contributed by atoms with Gasteiger partial charge < -0.3 is 16.1 Å². The number of carbonyl (C=O) groups excluding carboxylic acids is 1. The molecule has 0 fully saturated rings. The number of anilines is 2. The molecule has 2 heterocycles. The number of carbonyl (C=O) groups is 1. The number of nitrogens with two attached hydrogens (primary N) is 1. The zero-order valence-electron chi connectivity index (χ0n) is 13.8. The van der Waals surface area contributed by atoms with Gasteiger partial charge in [0.2, 0.25) is 11.1 Å². The molecule has 0 radical (unpaired) electrons. The first-order valence-electron chi connectivity index (χ1n) is 7.49. The summed E-state index contributed by atoms with van der Waals surface area (Å²) < 4.78 is 1.41. The number of amides is 1. The smallest absolute Gasteiger partial charge is 0.234 e. The minimum Gasteiger partial charge on any atom is -0.378 e. The third-order valence-electron chi connectivity index (χ3n) is 3.41. The Morgan fingerprint density at radius 1 is 1.28 bits per heavy atom. The standard InChI is InChI=1S/C16H18N6OS2/c1-21(2)12-7-5-11(6-8-12)18-14(23)10-25-16-20-19-15(22(16)17)13-4-3-9-24-13/h3-9H,10,17H2,1-2H3,(H,18,23). The second-order valence-corrected chi connectivity index (χ2v) is 7.32. The largest absolute Gasteiger partial charge is 0.378 e.